The quantitative estimate of drug-likeness (QED) is 0.578. The van der Waals surface area contributed by atoms with E-state index in [-0.39, 0.29) is 11.6 Å². The third-order valence-corrected chi connectivity index (χ3v) is 3.54. The topological polar surface area (TPSA) is 17.1 Å². The van der Waals surface area contributed by atoms with Gasteiger partial charge in [0.1, 0.15) is 11.2 Å². The van der Waals surface area contributed by atoms with Gasteiger partial charge in [-0.2, -0.15) is 0 Å². The molecule has 98 valence electrons. The first-order chi connectivity index (χ1) is 8.99. The van der Waals surface area contributed by atoms with Crippen molar-refractivity contribution in [3.05, 3.63) is 70.0 Å². The number of aryl methyl sites for hydroxylation is 1. The van der Waals surface area contributed by atoms with Crippen LogP contribution in [-0.2, 0) is 0 Å². The van der Waals surface area contributed by atoms with Gasteiger partial charge in [-0.25, -0.2) is 4.39 Å². The van der Waals surface area contributed by atoms with E-state index in [2.05, 4.69) is 0 Å². The monoisotopic (exact) mass is 296 g/mol. The normalized spacial score (nSPS) is 12.2. The van der Waals surface area contributed by atoms with Crippen molar-refractivity contribution in [1.82, 2.24) is 0 Å². The Morgan fingerprint density at radius 1 is 1.16 bits per heavy atom. The van der Waals surface area contributed by atoms with Gasteiger partial charge in [0.15, 0.2) is 5.78 Å². The summed E-state index contributed by atoms with van der Waals surface area (Å²) in [4.78, 5) is 12.3. The molecule has 2 rings (SSSR count). The largest absolute Gasteiger partial charge is 0.292 e. The van der Waals surface area contributed by atoms with Crippen LogP contribution in [0.25, 0.3) is 0 Å². The van der Waals surface area contributed by atoms with Crippen LogP contribution in [0.15, 0.2) is 42.5 Å². The molecular weight excluding hydrogens is 286 g/mol. The minimum atomic E-state index is -0.849. The molecule has 0 amide bonds. The minimum absolute atomic E-state index is 0.242. The van der Waals surface area contributed by atoms with Crippen LogP contribution in [0.4, 0.5) is 4.39 Å². The number of halogens is 3. The first kappa shape index (κ1) is 14.0. The molecule has 0 radical (unpaired) electrons. The lowest BCUT2D eigenvalue weighted by molar-refractivity contribution is 0.0986. The van der Waals surface area contributed by atoms with E-state index in [1.54, 1.807) is 18.2 Å². The van der Waals surface area contributed by atoms with Crippen molar-refractivity contribution in [2.24, 2.45) is 0 Å². The highest BCUT2D eigenvalue weighted by Crippen LogP contribution is 2.27. The first-order valence-corrected chi connectivity index (χ1v) is 6.50. The zero-order valence-corrected chi connectivity index (χ0v) is 11.7. The molecule has 4 heteroatoms. The van der Waals surface area contributed by atoms with E-state index in [9.17, 15) is 9.18 Å². The highest BCUT2D eigenvalue weighted by molar-refractivity contribution is 6.35. The van der Waals surface area contributed by atoms with Gasteiger partial charge < -0.3 is 0 Å². The third kappa shape index (κ3) is 3.14. The van der Waals surface area contributed by atoms with E-state index in [0.29, 0.717) is 16.1 Å². The average Bonchev–Trinajstić information content (AvgIpc) is 2.41. The van der Waals surface area contributed by atoms with Crippen LogP contribution in [0.3, 0.4) is 0 Å². The van der Waals surface area contributed by atoms with Gasteiger partial charge in [-0.3, -0.25) is 4.79 Å². The van der Waals surface area contributed by atoms with Crippen LogP contribution in [0.1, 0.15) is 26.9 Å². The predicted molar refractivity (Wildman–Crippen MR) is 75.5 cm³/mol. The summed E-state index contributed by atoms with van der Waals surface area (Å²) in [5, 5.41) is -0.366. The summed E-state index contributed by atoms with van der Waals surface area (Å²) in [6.45, 7) is 1.82. The molecule has 0 spiro atoms. The number of benzene rings is 2. The second kappa shape index (κ2) is 5.72. The van der Waals surface area contributed by atoms with Gasteiger partial charge in [-0.1, -0.05) is 29.8 Å². The number of Topliss-reactive ketones (excluding diaryl/α,β-unsaturated/α-hetero) is 1. The lowest BCUT2D eigenvalue weighted by atomic mass is 9.99. The molecule has 19 heavy (non-hydrogen) atoms. The summed E-state index contributed by atoms with van der Waals surface area (Å²) < 4.78 is 12.8. The molecular formula is C15H11Cl2FO. The van der Waals surface area contributed by atoms with E-state index in [1.165, 1.54) is 24.3 Å². The molecule has 1 unspecified atom stereocenters. The number of carbonyl (C=O) groups is 1. The van der Waals surface area contributed by atoms with Gasteiger partial charge in [0.05, 0.1) is 0 Å². The molecule has 0 fully saturated rings. The summed E-state index contributed by atoms with van der Waals surface area (Å²) in [5.74, 6) is -0.604. The lowest BCUT2D eigenvalue weighted by Crippen LogP contribution is -2.09. The Kier molecular flexibility index (Phi) is 4.23. The Morgan fingerprint density at radius 2 is 1.79 bits per heavy atom. The predicted octanol–water partition coefficient (Wildman–Crippen LogP) is 4.95. The SMILES string of the molecule is Cc1ccc(Cl)cc1C(=O)C(Cl)c1ccc(F)cc1. The van der Waals surface area contributed by atoms with Crippen LogP contribution in [0.2, 0.25) is 5.02 Å². The van der Waals surface area contributed by atoms with E-state index in [0.717, 1.165) is 5.56 Å². The summed E-state index contributed by atoms with van der Waals surface area (Å²) in [7, 11) is 0. The van der Waals surface area contributed by atoms with Crippen molar-refractivity contribution in [3.63, 3.8) is 0 Å². The van der Waals surface area contributed by atoms with Gasteiger partial charge in [-0.15, -0.1) is 11.6 Å². The Bertz CT molecular complexity index is 608. The summed E-state index contributed by atoms with van der Waals surface area (Å²) in [6.07, 6.45) is 0. The molecule has 1 nitrogen and oxygen atoms in total. The molecule has 0 aromatic heterocycles. The van der Waals surface area contributed by atoms with E-state index < -0.39 is 5.38 Å². The Balaban J connectivity index is 2.33. The number of hydrogen-bond donors (Lipinski definition) is 0. The summed E-state index contributed by atoms with van der Waals surface area (Å²) in [5.41, 5.74) is 1.85. The van der Waals surface area contributed by atoms with Gasteiger partial charge in [0, 0.05) is 10.6 Å². The zero-order chi connectivity index (χ0) is 14.0. The van der Waals surface area contributed by atoms with Gasteiger partial charge in [0.25, 0.3) is 0 Å². The molecule has 0 aliphatic rings. The highest BCUT2D eigenvalue weighted by Gasteiger charge is 2.21. The first-order valence-electron chi connectivity index (χ1n) is 5.69. The summed E-state index contributed by atoms with van der Waals surface area (Å²) >= 11 is 12.0. The maximum absolute atomic E-state index is 12.8. The van der Waals surface area contributed by atoms with Crippen molar-refractivity contribution in [2.75, 3.05) is 0 Å². The van der Waals surface area contributed by atoms with Gasteiger partial charge >= 0.3 is 0 Å². The van der Waals surface area contributed by atoms with Crippen LogP contribution in [0, 0.1) is 12.7 Å². The molecule has 0 aliphatic heterocycles. The number of rotatable bonds is 3. The smallest absolute Gasteiger partial charge is 0.185 e. The molecule has 0 heterocycles. The van der Waals surface area contributed by atoms with Gasteiger partial charge in [-0.05, 0) is 42.3 Å². The lowest BCUT2D eigenvalue weighted by Gasteiger charge is -2.11. The molecule has 0 N–H and O–H groups in total. The molecule has 0 saturated heterocycles. The zero-order valence-electron chi connectivity index (χ0n) is 10.2. The van der Waals surface area contributed by atoms with Crippen LogP contribution in [0.5, 0.6) is 0 Å². The van der Waals surface area contributed by atoms with E-state index >= 15 is 0 Å². The number of hydrogen-bond acceptors (Lipinski definition) is 1. The molecule has 0 bridgehead atoms. The number of ketones is 1. The Morgan fingerprint density at radius 3 is 2.42 bits per heavy atom. The second-order valence-electron chi connectivity index (χ2n) is 4.24. The second-order valence-corrected chi connectivity index (χ2v) is 5.11. The summed E-state index contributed by atoms with van der Waals surface area (Å²) in [6, 6.07) is 10.7. The van der Waals surface area contributed by atoms with E-state index in [4.69, 9.17) is 23.2 Å². The Labute approximate surface area is 121 Å². The molecule has 1 atom stereocenters. The number of carbonyl (C=O) groups excluding carboxylic acids is 1. The highest BCUT2D eigenvalue weighted by atomic mass is 35.5. The minimum Gasteiger partial charge on any atom is -0.292 e. The molecule has 2 aromatic carbocycles. The molecule has 0 aliphatic carbocycles. The fourth-order valence-corrected chi connectivity index (χ4v) is 2.21. The van der Waals surface area contributed by atoms with Crippen LogP contribution < -0.4 is 0 Å². The standard InChI is InChI=1S/C15H11Cl2FO/c1-9-2-5-11(16)8-13(9)15(19)14(17)10-3-6-12(18)7-4-10/h2-8,14H,1H3. The average molecular weight is 297 g/mol. The Hall–Kier alpha value is -1.38. The fraction of sp³-hybridized carbons (Fsp3) is 0.133. The van der Waals surface area contributed by atoms with Crippen molar-refractivity contribution < 1.29 is 9.18 Å². The van der Waals surface area contributed by atoms with Crippen LogP contribution in [-0.4, -0.2) is 5.78 Å². The van der Waals surface area contributed by atoms with Crippen molar-refractivity contribution in [3.8, 4) is 0 Å². The number of alkyl halides is 1. The van der Waals surface area contributed by atoms with Crippen LogP contribution >= 0.6 is 23.2 Å². The molecule has 2 aromatic rings. The van der Waals surface area contributed by atoms with Crippen molar-refractivity contribution in [2.45, 2.75) is 12.3 Å². The van der Waals surface area contributed by atoms with Crippen molar-refractivity contribution >= 4 is 29.0 Å². The fourth-order valence-electron chi connectivity index (χ4n) is 1.78. The maximum atomic E-state index is 12.8. The van der Waals surface area contributed by atoms with Gasteiger partial charge in [0.2, 0.25) is 0 Å². The van der Waals surface area contributed by atoms with E-state index in [1.807, 2.05) is 6.92 Å². The third-order valence-electron chi connectivity index (χ3n) is 2.86. The molecule has 0 saturated carbocycles. The maximum Gasteiger partial charge on any atom is 0.185 e. The van der Waals surface area contributed by atoms with Crippen molar-refractivity contribution in [1.29, 1.82) is 0 Å².